The van der Waals surface area contributed by atoms with E-state index in [0.29, 0.717) is 6.04 Å². The van der Waals surface area contributed by atoms with E-state index in [1.807, 2.05) is 41.9 Å². The minimum atomic E-state index is -0.0880. The van der Waals surface area contributed by atoms with Gasteiger partial charge in [0.2, 0.25) is 5.88 Å². The molecule has 0 saturated heterocycles. The second kappa shape index (κ2) is 6.17. The molecule has 0 amide bonds. The second-order valence-corrected chi connectivity index (χ2v) is 5.72. The first-order chi connectivity index (χ1) is 10.7. The molecule has 0 atom stereocenters. The molecule has 1 fully saturated rings. The van der Waals surface area contributed by atoms with Gasteiger partial charge in [0.1, 0.15) is 11.3 Å². The molecule has 6 nitrogen and oxygen atoms in total. The highest BCUT2D eigenvalue weighted by molar-refractivity contribution is 5.49. The molecule has 1 N–H and O–H groups in total. The van der Waals surface area contributed by atoms with Gasteiger partial charge in [-0.15, -0.1) is 9.69 Å². The number of aliphatic hydroxyl groups is 1. The Labute approximate surface area is 130 Å². The van der Waals surface area contributed by atoms with Crippen molar-refractivity contribution in [3.05, 3.63) is 48.6 Å². The summed E-state index contributed by atoms with van der Waals surface area (Å²) in [5, 5.41) is 20.1. The average molecular weight is 300 g/mol. The molecule has 116 valence electrons. The maximum absolute atomic E-state index is 10.00. The molecule has 1 aromatic heterocycles. The van der Waals surface area contributed by atoms with Gasteiger partial charge >= 0.3 is 0 Å². The average Bonchev–Trinajstić information content (AvgIpc) is 2.91. The van der Waals surface area contributed by atoms with Crippen molar-refractivity contribution in [2.45, 2.75) is 45.1 Å². The van der Waals surface area contributed by atoms with E-state index in [1.54, 1.807) is 9.80 Å². The van der Waals surface area contributed by atoms with E-state index < -0.39 is 0 Å². The summed E-state index contributed by atoms with van der Waals surface area (Å²) in [5.41, 5.74) is 0.791. The van der Waals surface area contributed by atoms with Crippen LogP contribution in [0.25, 0.3) is 0 Å². The van der Waals surface area contributed by atoms with Crippen LogP contribution >= 0.6 is 0 Å². The number of nitrogens with zero attached hydrogens (tertiary/aromatic N) is 5. The molecule has 0 radical (unpaired) electrons. The summed E-state index contributed by atoms with van der Waals surface area (Å²) in [6.07, 6.45) is 6.04. The van der Waals surface area contributed by atoms with Crippen LogP contribution in [0, 0.1) is 6.92 Å². The van der Waals surface area contributed by atoms with E-state index in [1.165, 1.54) is 19.3 Å². The Morgan fingerprint density at radius 2 is 1.95 bits per heavy atom. The summed E-state index contributed by atoms with van der Waals surface area (Å²) in [5.74, 6) is 0.793. The SMILES string of the molecule is C=C(O)N(c1ccccc1)n1nn[n+](C2CCCCC2)c1C. The highest BCUT2D eigenvalue weighted by Crippen LogP contribution is 2.24. The predicted molar refractivity (Wildman–Crippen MR) is 83.2 cm³/mol. The smallest absolute Gasteiger partial charge is 0.282 e. The second-order valence-electron chi connectivity index (χ2n) is 5.72. The Balaban J connectivity index is 1.96. The van der Waals surface area contributed by atoms with E-state index >= 15 is 0 Å². The lowest BCUT2D eigenvalue weighted by Gasteiger charge is -2.19. The number of aromatic nitrogens is 4. The lowest BCUT2D eigenvalue weighted by Crippen LogP contribution is -2.46. The van der Waals surface area contributed by atoms with Crippen molar-refractivity contribution in [1.29, 1.82) is 0 Å². The summed E-state index contributed by atoms with van der Waals surface area (Å²) in [6.45, 7) is 5.62. The van der Waals surface area contributed by atoms with Gasteiger partial charge in [-0.25, -0.2) is 0 Å². The largest absolute Gasteiger partial charge is 0.493 e. The van der Waals surface area contributed by atoms with Gasteiger partial charge in [0, 0.05) is 11.7 Å². The van der Waals surface area contributed by atoms with Gasteiger partial charge in [0.05, 0.1) is 5.69 Å². The third-order valence-corrected chi connectivity index (χ3v) is 4.20. The first-order valence-electron chi connectivity index (χ1n) is 7.76. The first-order valence-corrected chi connectivity index (χ1v) is 7.76. The molecule has 3 rings (SSSR count). The number of hydrogen-bond donors (Lipinski definition) is 1. The molecule has 0 unspecified atom stereocenters. The number of hydrogen-bond acceptors (Lipinski definition) is 4. The zero-order valence-corrected chi connectivity index (χ0v) is 12.9. The van der Waals surface area contributed by atoms with Crippen molar-refractivity contribution in [2.24, 2.45) is 0 Å². The number of para-hydroxylation sites is 1. The van der Waals surface area contributed by atoms with Gasteiger partial charge in [0.25, 0.3) is 5.82 Å². The Hall–Kier alpha value is -2.37. The summed E-state index contributed by atoms with van der Waals surface area (Å²) < 4.78 is 1.97. The van der Waals surface area contributed by atoms with Gasteiger partial charge in [-0.3, -0.25) is 0 Å². The number of benzene rings is 1. The van der Waals surface area contributed by atoms with Gasteiger partial charge in [0.15, 0.2) is 5.21 Å². The van der Waals surface area contributed by atoms with Crippen LogP contribution in [0.1, 0.15) is 44.0 Å². The Bertz CT molecular complexity index is 646. The molecule has 0 bridgehead atoms. The Morgan fingerprint density at radius 1 is 1.27 bits per heavy atom. The fourth-order valence-corrected chi connectivity index (χ4v) is 3.09. The number of rotatable bonds is 4. The number of tetrazole rings is 1. The number of anilines is 1. The van der Waals surface area contributed by atoms with Crippen molar-refractivity contribution >= 4 is 5.69 Å². The van der Waals surface area contributed by atoms with Gasteiger partial charge in [-0.05, 0) is 44.4 Å². The van der Waals surface area contributed by atoms with Crippen molar-refractivity contribution < 1.29 is 9.79 Å². The normalized spacial score (nSPS) is 15.7. The highest BCUT2D eigenvalue weighted by atomic mass is 16.3. The van der Waals surface area contributed by atoms with E-state index in [4.69, 9.17) is 0 Å². The van der Waals surface area contributed by atoms with E-state index in [9.17, 15) is 5.11 Å². The lowest BCUT2D eigenvalue weighted by atomic mass is 9.96. The summed E-state index contributed by atoms with van der Waals surface area (Å²) in [7, 11) is 0. The summed E-state index contributed by atoms with van der Waals surface area (Å²) in [6, 6.07) is 9.94. The molecular formula is C16H22N5O+. The van der Waals surface area contributed by atoms with Gasteiger partial charge < -0.3 is 5.11 Å². The van der Waals surface area contributed by atoms with Crippen LogP contribution in [0.4, 0.5) is 5.69 Å². The van der Waals surface area contributed by atoms with Crippen LogP contribution in [0.15, 0.2) is 42.8 Å². The molecule has 1 aliphatic rings. The van der Waals surface area contributed by atoms with Crippen molar-refractivity contribution in [3.63, 3.8) is 0 Å². The lowest BCUT2D eigenvalue weighted by molar-refractivity contribution is -0.785. The molecule has 2 aromatic rings. The monoisotopic (exact) mass is 300 g/mol. The fraction of sp³-hybridized carbons (Fsp3) is 0.438. The van der Waals surface area contributed by atoms with Crippen LogP contribution in [0.5, 0.6) is 0 Å². The quantitative estimate of drug-likeness (QED) is 0.696. The molecule has 1 aliphatic carbocycles. The first kappa shape index (κ1) is 14.6. The van der Waals surface area contributed by atoms with Crippen molar-refractivity contribution in [3.8, 4) is 0 Å². The van der Waals surface area contributed by atoms with Crippen molar-refractivity contribution in [1.82, 2.24) is 15.2 Å². The molecule has 1 saturated carbocycles. The van der Waals surface area contributed by atoms with Crippen LogP contribution in [-0.4, -0.2) is 20.3 Å². The molecule has 1 aromatic carbocycles. The third-order valence-electron chi connectivity index (χ3n) is 4.20. The molecule has 22 heavy (non-hydrogen) atoms. The Morgan fingerprint density at radius 3 is 2.59 bits per heavy atom. The predicted octanol–water partition coefficient (Wildman–Crippen LogP) is 2.68. The van der Waals surface area contributed by atoms with Gasteiger partial charge in [-0.1, -0.05) is 24.6 Å². The molecule has 6 heteroatoms. The van der Waals surface area contributed by atoms with Crippen LogP contribution in [-0.2, 0) is 0 Å². The van der Waals surface area contributed by atoms with Gasteiger partial charge in [-0.2, -0.15) is 0 Å². The summed E-state index contributed by atoms with van der Waals surface area (Å²) >= 11 is 0. The maximum atomic E-state index is 10.00. The topological polar surface area (TPSA) is 58.1 Å². The van der Waals surface area contributed by atoms with Crippen LogP contribution in [0.3, 0.4) is 0 Å². The minimum Gasteiger partial charge on any atom is -0.493 e. The highest BCUT2D eigenvalue weighted by Gasteiger charge is 2.30. The zero-order chi connectivity index (χ0) is 15.5. The fourth-order valence-electron chi connectivity index (χ4n) is 3.09. The van der Waals surface area contributed by atoms with E-state index in [2.05, 4.69) is 17.0 Å². The maximum Gasteiger partial charge on any atom is 0.282 e. The van der Waals surface area contributed by atoms with Crippen LogP contribution in [0.2, 0.25) is 0 Å². The molecule has 1 heterocycles. The van der Waals surface area contributed by atoms with Crippen molar-refractivity contribution in [2.75, 3.05) is 5.01 Å². The third kappa shape index (κ3) is 2.68. The standard InChI is InChI=1S/C16H21N5O/c1-13-19(15-9-5-3-6-10-15)17-18-21(13)20(14(2)22)16-11-7-4-8-12-16/h4,7-8,11-12,15H,2-3,5-6,9-10H2,1H3/p+1. The zero-order valence-electron chi connectivity index (χ0n) is 12.9. The van der Waals surface area contributed by atoms with E-state index in [-0.39, 0.29) is 5.88 Å². The number of aliphatic hydroxyl groups excluding tert-OH is 1. The molecular weight excluding hydrogens is 278 g/mol. The Kier molecular flexibility index (Phi) is 4.09. The summed E-state index contributed by atoms with van der Waals surface area (Å²) in [4.78, 5) is 1.60. The molecule has 0 aliphatic heterocycles. The molecule has 0 spiro atoms. The minimum absolute atomic E-state index is 0.0880. The van der Waals surface area contributed by atoms with Crippen LogP contribution < -0.4 is 9.69 Å². The van der Waals surface area contributed by atoms with E-state index in [0.717, 1.165) is 24.4 Å².